The molecule has 0 spiro atoms. The van der Waals surface area contributed by atoms with E-state index in [4.69, 9.17) is 0 Å². The minimum absolute atomic E-state index is 0.964. The highest BCUT2D eigenvalue weighted by atomic mass is 15.2. The topological polar surface area (TPSA) is 3.24 Å². The second-order valence-corrected chi connectivity index (χ2v) is 6.62. The van der Waals surface area contributed by atoms with Gasteiger partial charge in [-0.1, -0.05) is 44.9 Å². The van der Waals surface area contributed by atoms with Gasteiger partial charge < -0.3 is 0 Å². The van der Waals surface area contributed by atoms with Crippen LogP contribution in [0.25, 0.3) is 0 Å². The molecule has 1 aliphatic carbocycles. The van der Waals surface area contributed by atoms with Gasteiger partial charge in [0.1, 0.15) is 0 Å². The Hall–Kier alpha value is -0.0400. The Labute approximate surface area is 107 Å². The highest BCUT2D eigenvalue weighted by Gasteiger charge is 2.37. The van der Waals surface area contributed by atoms with Crippen molar-refractivity contribution in [3.05, 3.63) is 0 Å². The summed E-state index contributed by atoms with van der Waals surface area (Å²) in [6, 6.07) is 2.92. The summed E-state index contributed by atoms with van der Waals surface area (Å²) in [6.07, 6.45) is 19.6. The van der Waals surface area contributed by atoms with E-state index in [0.717, 1.165) is 18.1 Å². The van der Waals surface area contributed by atoms with Gasteiger partial charge in [-0.2, -0.15) is 0 Å². The molecule has 0 radical (unpaired) electrons. The molecule has 1 nitrogen and oxygen atoms in total. The number of hydrogen-bond acceptors (Lipinski definition) is 1. The molecule has 0 aromatic heterocycles. The maximum Gasteiger partial charge on any atom is 0.0101 e. The van der Waals surface area contributed by atoms with Gasteiger partial charge in [0.15, 0.2) is 0 Å². The van der Waals surface area contributed by atoms with Gasteiger partial charge in [0.25, 0.3) is 0 Å². The van der Waals surface area contributed by atoms with Crippen LogP contribution in [-0.2, 0) is 0 Å². The quantitative estimate of drug-likeness (QED) is 0.646. The van der Waals surface area contributed by atoms with Crippen molar-refractivity contribution in [3.8, 4) is 0 Å². The van der Waals surface area contributed by atoms with Crippen LogP contribution in [-0.4, -0.2) is 23.0 Å². The number of fused-ring (bicyclic) bond motifs is 2. The maximum absolute atomic E-state index is 3.01. The standard InChI is InChI=1S/C16H29N/c1-2-4-8-14(9-5-3-1)17-15-10-6-11-16(17)13-7-12-15/h14-16H,1-13H2/t15-,16+. The lowest BCUT2D eigenvalue weighted by Crippen LogP contribution is -2.54. The first kappa shape index (κ1) is 12.0. The van der Waals surface area contributed by atoms with Crippen LogP contribution in [0.3, 0.4) is 0 Å². The van der Waals surface area contributed by atoms with Crippen molar-refractivity contribution in [2.75, 3.05) is 0 Å². The molecule has 98 valence electrons. The van der Waals surface area contributed by atoms with Crippen LogP contribution in [0.15, 0.2) is 0 Å². The Bertz CT molecular complexity index is 208. The molecule has 1 saturated carbocycles. The van der Waals surface area contributed by atoms with Gasteiger partial charge in [-0.25, -0.2) is 0 Å². The van der Waals surface area contributed by atoms with Crippen LogP contribution >= 0.6 is 0 Å². The molecule has 0 aromatic carbocycles. The van der Waals surface area contributed by atoms with Gasteiger partial charge in [0.05, 0.1) is 0 Å². The van der Waals surface area contributed by atoms with E-state index in [1.807, 2.05) is 0 Å². The molecular weight excluding hydrogens is 206 g/mol. The predicted molar refractivity (Wildman–Crippen MR) is 73.2 cm³/mol. The molecule has 3 fully saturated rings. The third-order valence-electron chi connectivity index (χ3n) is 5.49. The third kappa shape index (κ3) is 2.70. The lowest BCUT2D eigenvalue weighted by Gasteiger charge is -2.50. The number of hydrogen-bond donors (Lipinski definition) is 0. The van der Waals surface area contributed by atoms with Crippen molar-refractivity contribution in [1.82, 2.24) is 4.90 Å². The van der Waals surface area contributed by atoms with Gasteiger partial charge >= 0.3 is 0 Å². The third-order valence-corrected chi connectivity index (χ3v) is 5.49. The average molecular weight is 235 g/mol. The Morgan fingerprint density at radius 2 is 0.765 bits per heavy atom. The number of rotatable bonds is 1. The zero-order valence-electron chi connectivity index (χ0n) is 11.4. The van der Waals surface area contributed by atoms with Crippen LogP contribution in [0.5, 0.6) is 0 Å². The van der Waals surface area contributed by atoms with Crippen LogP contribution in [0.4, 0.5) is 0 Å². The summed E-state index contributed by atoms with van der Waals surface area (Å²) in [6.45, 7) is 0. The number of piperidine rings is 2. The van der Waals surface area contributed by atoms with Crippen molar-refractivity contribution >= 4 is 0 Å². The smallest absolute Gasteiger partial charge is 0.0101 e. The van der Waals surface area contributed by atoms with Crippen LogP contribution in [0.1, 0.15) is 83.5 Å². The summed E-state index contributed by atoms with van der Waals surface area (Å²) >= 11 is 0. The molecule has 2 saturated heterocycles. The fourth-order valence-electron chi connectivity index (χ4n) is 4.69. The van der Waals surface area contributed by atoms with Gasteiger partial charge in [0.2, 0.25) is 0 Å². The Morgan fingerprint density at radius 3 is 1.24 bits per heavy atom. The summed E-state index contributed by atoms with van der Waals surface area (Å²) in [4.78, 5) is 3.01. The first-order chi connectivity index (χ1) is 8.45. The molecule has 0 aromatic rings. The molecule has 0 N–H and O–H groups in total. The normalized spacial score (nSPS) is 37.4. The van der Waals surface area contributed by atoms with Crippen LogP contribution in [0.2, 0.25) is 0 Å². The molecule has 0 unspecified atom stereocenters. The lowest BCUT2D eigenvalue weighted by molar-refractivity contribution is -0.00695. The van der Waals surface area contributed by atoms with Gasteiger partial charge in [-0.3, -0.25) is 4.90 Å². The Balaban J connectivity index is 1.67. The van der Waals surface area contributed by atoms with E-state index in [1.54, 1.807) is 0 Å². The van der Waals surface area contributed by atoms with Crippen molar-refractivity contribution in [2.45, 2.75) is 102 Å². The molecule has 17 heavy (non-hydrogen) atoms. The maximum atomic E-state index is 3.01. The minimum atomic E-state index is 0.964. The highest BCUT2D eigenvalue weighted by Crippen LogP contribution is 2.38. The van der Waals surface area contributed by atoms with E-state index in [1.165, 1.54) is 83.5 Å². The zero-order chi connectivity index (χ0) is 11.5. The fraction of sp³-hybridized carbons (Fsp3) is 1.00. The van der Waals surface area contributed by atoms with Crippen LogP contribution in [0, 0.1) is 0 Å². The second-order valence-electron chi connectivity index (χ2n) is 6.62. The highest BCUT2D eigenvalue weighted by molar-refractivity contribution is 4.93. The SMILES string of the molecule is C1CCCC(N2[C@H]3CCC[C@@H]2CCC3)CCC1. The van der Waals surface area contributed by atoms with Gasteiger partial charge in [0, 0.05) is 18.1 Å². The molecule has 2 heterocycles. The molecule has 1 heteroatoms. The average Bonchev–Trinajstić information content (AvgIpc) is 2.27. The minimum Gasteiger partial charge on any atom is -0.294 e. The van der Waals surface area contributed by atoms with E-state index in [0.29, 0.717) is 0 Å². The molecule has 0 atom stereocenters. The summed E-state index contributed by atoms with van der Waals surface area (Å²) in [5.74, 6) is 0. The van der Waals surface area contributed by atoms with E-state index in [9.17, 15) is 0 Å². The van der Waals surface area contributed by atoms with E-state index < -0.39 is 0 Å². The van der Waals surface area contributed by atoms with E-state index in [2.05, 4.69) is 4.90 Å². The molecule has 2 aliphatic heterocycles. The van der Waals surface area contributed by atoms with Crippen LogP contribution < -0.4 is 0 Å². The predicted octanol–water partition coefficient (Wildman–Crippen LogP) is 4.51. The monoisotopic (exact) mass is 235 g/mol. The lowest BCUT2D eigenvalue weighted by atomic mass is 9.81. The fourth-order valence-corrected chi connectivity index (χ4v) is 4.69. The summed E-state index contributed by atoms with van der Waals surface area (Å²) in [7, 11) is 0. The molecule has 3 aliphatic rings. The van der Waals surface area contributed by atoms with Crippen molar-refractivity contribution < 1.29 is 0 Å². The van der Waals surface area contributed by atoms with Gasteiger partial charge in [-0.05, 0) is 38.5 Å². The van der Waals surface area contributed by atoms with E-state index in [-0.39, 0.29) is 0 Å². The van der Waals surface area contributed by atoms with Crippen molar-refractivity contribution in [3.63, 3.8) is 0 Å². The van der Waals surface area contributed by atoms with E-state index >= 15 is 0 Å². The van der Waals surface area contributed by atoms with Crippen molar-refractivity contribution in [2.24, 2.45) is 0 Å². The first-order valence-electron chi connectivity index (χ1n) is 8.22. The summed E-state index contributed by atoms with van der Waals surface area (Å²) < 4.78 is 0. The Kier molecular flexibility index (Phi) is 4.05. The zero-order valence-corrected chi connectivity index (χ0v) is 11.4. The second kappa shape index (κ2) is 5.73. The largest absolute Gasteiger partial charge is 0.294 e. The first-order valence-corrected chi connectivity index (χ1v) is 8.22. The number of nitrogens with zero attached hydrogens (tertiary/aromatic N) is 1. The Morgan fingerprint density at radius 1 is 0.412 bits per heavy atom. The molecule has 0 amide bonds. The molecule has 3 rings (SSSR count). The summed E-state index contributed by atoms with van der Waals surface area (Å²) in [5.41, 5.74) is 0. The van der Waals surface area contributed by atoms with Crippen molar-refractivity contribution in [1.29, 1.82) is 0 Å². The molecule has 2 bridgehead atoms. The summed E-state index contributed by atoms with van der Waals surface area (Å²) in [5, 5.41) is 0. The molecular formula is C16H29N. The van der Waals surface area contributed by atoms with Gasteiger partial charge in [-0.15, -0.1) is 0 Å².